The minimum Gasteiger partial charge on any atom is -0.368 e. The molecule has 1 N–H and O–H groups in total. The van der Waals surface area contributed by atoms with Gasteiger partial charge in [-0.1, -0.05) is 0 Å². The van der Waals surface area contributed by atoms with Crippen LogP contribution in [0.5, 0.6) is 0 Å². The van der Waals surface area contributed by atoms with E-state index in [0.717, 1.165) is 29.8 Å². The van der Waals surface area contributed by atoms with Gasteiger partial charge in [-0.05, 0) is 35.8 Å². The Morgan fingerprint density at radius 2 is 2.28 bits per heavy atom. The number of anilines is 1. The van der Waals surface area contributed by atoms with Crippen LogP contribution >= 0.6 is 15.9 Å². The van der Waals surface area contributed by atoms with Crippen LogP contribution in [0.15, 0.2) is 16.6 Å². The molecule has 18 heavy (non-hydrogen) atoms. The Labute approximate surface area is 114 Å². The van der Waals surface area contributed by atoms with E-state index in [9.17, 15) is 10.1 Å². The Balaban J connectivity index is 2.34. The second-order valence-electron chi connectivity index (χ2n) is 4.65. The van der Waals surface area contributed by atoms with Crippen molar-refractivity contribution < 1.29 is 4.92 Å². The predicted molar refractivity (Wildman–Crippen MR) is 75.2 cm³/mol. The molecule has 1 aliphatic heterocycles. The first-order valence-corrected chi connectivity index (χ1v) is 6.71. The fourth-order valence-corrected chi connectivity index (χ4v) is 2.83. The Morgan fingerprint density at radius 1 is 1.56 bits per heavy atom. The summed E-state index contributed by atoms with van der Waals surface area (Å²) in [5.74, 6) is 0. The molecule has 1 saturated heterocycles. The smallest absolute Gasteiger partial charge is 0.273 e. The fourth-order valence-electron chi connectivity index (χ4n) is 2.25. The second-order valence-corrected chi connectivity index (χ2v) is 5.50. The minimum atomic E-state index is -0.343. The summed E-state index contributed by atoms with van der Waals surface area (Å²) in [5.41, 5.74) is 1.89. The van der Waals surface area contributed by atoms with Gasteiger partial charge in [-0.3, -0.25) is 10.1 Å². The van der Waals surface area contributed by atoms with Crippen LogP contribution in [-0.2, 0) is 0 Å². The summed E-state index contributed by atoms with van der Waals surface area (Å²) in [5, 5.41) is 14.3. The number of hydrogen-bond donors (Lipinski definition) is 1. The number of nitro groups is 1. The summed E-state index contributed by atoms with van der Waals surface area (Å²) < 4.78 is 0.786. The highest BCUT2D eigenvalue weighted by Crippen LogP contribution is 2.33. The van der Waals surface area contributed by atoms with Crippen molar-refractivity contribution in [2.24, 2.45) is 0 Å². The Bertz CT molecular complexity index is 479. The number of piperazine rings is 1. The molecule has 2 rings (SSSR count). The molecule has 0 aromatic heterocycles. The Morgan fingerprint density at radius 3 is 2.89 bits per heavy atom. The van der Waals surface area contributed by atoms with Gasteiger partial charge in [0, 0.05) is 41.8 Å². The second kappa shape index (κ2) is 5.24. The molecule has 1 aliphatic rings. The van der Waals surface area contributed by atoms with Gasteiger partial charge < -0.3 is 10.2 Å². The number of nitro benzene ring substituents is 1. The number of nitrogens with zero attached hydrogens (tertiary/aromatic N) is 2. The summed E-state index contributed by atoms with van der Waals surface area (Å²) in [7, 11) is 0. The van der Waals surface area contributed by atoms with Crippen LogP contribution in [0, 0.1) is 17.0 Å². The Kier molecular flexibility index (Phi) is 3.87. The van der Waals surface area contributed by atoms with Gasteiger partial charge in [0.1, 0.15) is 0 Å². The molecular weight excluding hydrogens is 298 g/mol. The van der Waals surface area contributed by atoms with Gasteiger partial charge in [0.2, 0.25) is 0 Å². The van der Waals surface area contributed by atoms with Gasteiger partial charge >= 0.3 is 0 Å². The lowest BCUT2D eigenvalue weighted by Crippen LogP contribution is -2.49. The molecule has 1 aromatic rings. The zero-order valence-corrected chi connectivity index (χ0v) is 12.0. The number of halogens is 1. The largest absolute Gasteiger partial charge is 0.368 e. The molecule has 1 heterocycles. The number of rotatable bonds is 2. The molecule has 0 aliphatic carbocycles. The van der Waals surface area contributed by atoms with Crippen molar-refractivity contribution in [3.63, 3.8) is 0 Å². The first kappa shape index (κ1) is 13.3. The first-order chi connectivity index (χ1) is 8.49. The molecule has 98 valence electrons. The van der Waals surface area contributed by atoms with E-state index < -0.39 is 0 Å². The topological polar surface area (TPSA) is 58.4 Å². The minimum absolute atomic E-state index is 0.161. The molecule has 0 radical (unpaired) electrons. The van der Waals surface area contributed by atoms with Crippen molar-refractivity contribution in [3.8, 4) is 0 Å². The van der Waals surface area contributed by atoms with Crippen molar-refractivity contribution in [1.82, 2.24) is 5.32 Å². The van der Waals surface area contributed by atoms with Crippen LogP contribution in [0.2, 0.25) is 0 Å². The van der Waals surface area contributed by atoms with E-state index in [1.807, 2.05) is 6.07 Å². The van der Waals surface area contributed by atoms with Crippen molar-refractivity contribution >= 4 is 27.3 Å². The van der Waals surface area contributed by atoms with E-state index in [1.165, 1.54) is 0 Å². The third-order valence-electron chi connectivity index (χ3n) is 3.17. The molecule has 5 nitrogen and oxygen atoms in total. The summed E-state index contributed by atoms with van der Waals surface area (Å²) in [6.45, 7) is 6.68. The molecule has 0 bridgehead atoms. The van der Waals surface area contributed by atoms with Gasteiger partial charge in [0.25, 0.3) is 5.69 Å². The molecule has 1 fully saturated rings. The third kappa shape index (κ3) is 2.64. The highest BCUT2D eigenvalue weighted by Gasteiger charge is 2.21. The van der Waals surface area contributed by atoms with E-state index in [2.05, 4.69) is 33.1 Å². The molecule has 0 amide bonds. The van der Waals surface area contributed by atoms with Crippen LogP contribution in [0.3, 0.4) is 0 Å². The normalized spacial score (nSPS) is 19.9. The zero-order chi connectivity index (χ0) is 13.3. The van der Waals surface area contributed by atoms with Crippen molar-refractivity contribution in [3.05, 3.63) is 32.3 Å². The van der Waals surface area contributed by atoms with Crippen LogP contribution in [0.4, 0.5) is 11.4 Å². The van der Waals surface area contributed by atoms with Crippen molar-refractivity contribution in [2.75, 3.05) is 24.5 Å². The number of aryl methyl sites for hydroxylation is 1. The SMILES string of the molecule is Cc1cc(N2CCNC(C)C2)c(Br)cc1[N+](=O)[O-]. The predicted octanol–water partition coefficient (Wildman–Crippen LogP) is 2.46. The monoisotopic (exact) mass is 313 g/mol. The third-order valence-corrected chi connectivity index (χ3v) is 3.81. The quantitative estimate of drug-likeness (QED) is 0.673. The van der Waals surface area contributed by atoms with E-state index in [4.69, 9.17) is 0 Å². The lowest BCUT2D eigenvalue weighted by atomic mass is 10.1. The average molecular weight is 314 g/mol. The lowest BCUT2D eigenvalue weighted by Gasteiger charge is -2.34. The van der Waals surface area contributed by atoms with Crippen LogP contribution in [0.1, 0.15) is 12.5 Å². The lowest BCUT2D eigenvalue weighted by molar-refractivity contribution is -0.385. The standard InChI is InChI=1S/C12H16BrN3O2/c1-8-5-12(10(13)6-11(8)16(17)18)15-4-3-14-9(2)7-15/h5-6,9,14H,3-4,7H2,1-2H3. The molecule has 6 heteroatoms. The van der Waals surface area contributed by atoms with E-state index in [1.54, 1.807) is 13.0 Å². The molecule has 1 atom stereocenters. The van der Waals surface area contributed by atoms with Gasteiger partial charge in [-0.2, -0.15) is 0 Å². The highest BCUT2D eigenvalue weighted by molar-refractivity contribution is 9.10. The van der Waals surface area contributed by atoms with Gasteiger partial charge in [-0.25, -0.2) is 0 Å². The van der Waals surface area contributed by atoms with Gasteiger partial charge in [0.05, 0.1) is 10.6 Å². The molecule has 1 unspecified atom stereocenters. The van der Waals surface area contributed by atoms with Crippen LogP contribution in [-0.4, -0.2) is 30.6 Å². The maximum absolute atomic E-state index is 10.9. The van der Waals surface area contributed by atoms with E-state index >= 15 is 0 Å². The summed E-state index contributed by atoms with van der Waals surface area (Å²) in [6.07, 6.45) is 0. The van der Waals surface area contributed by atoms with E-state index in [0.29, 0.717) is 11.6 Å². The summed E-state index contributed by atoms with van der Waals surface area (Å²) in [4.78, 5) is 12.8. The molecule has 0 spiro atoms. The van der Waals surface area contributed by atoms with Gasteiger partial charge in [0.15, 0.2) is 0 Å². The maximum Gasteiger partial charge on any atom is 0.273 e. The van der Waals surface area contributed by atoms with Crippen molar-refractivity contribution in [2.45, 2.75) is 19.9 Å². The van der Waals surface area contributed by atoms with E-state index in [-0.39, 0.29) is 10.6 Å². The van der Waals surface area contributed by atoms with Crippen LogP contribution in [0.25, 0.3) is 0 Å². The number of hydrogen-bond acceptors (Lipinski definition) is 4. The van der Waals surface area contributed by atoms with Gasteiger partial charge in [-0.15, -0.1) is 0 Å². The summed E-state index contributed by atoms with van der Waals surface area (Å²) >= 11 is 3.44. The molecular formula is C12H16BrN3O2. The zero-order valence-electron chi connectivity index (χ0n) is 10.4. The number of nitrogens with one attached hydrogen (secondary N) is 1. The Hall–Kier alpha value is -1.14. The van der Waals surface area contributed by atoms with Crippen molar-refractivity contribution in [1.29, 1.82) is 0 Å². The maximum atomic E-state index is 10.9. The first-order valence-electron chi connectivity index (χ1n) is 5.92. The molecule has 0 saturated carbocycles. The fraction of sp³-hybridized carbons (Fsp3) is 0.500. The highest BCUT2D eigenvalue weighted by atomic mass is 79.9. The van der Waals surface area contributed by atoms with Crippen LogP contribution < -0.4 is 10.2 Å². The summed E-state index contributed by atoms with van der Waals surface area (Å²) in [6, 6.07) is 3.92. The molecule has 1 aromatic carbocycles. The number of benzene rings is 1. The average Bonchev–Trinajstić information content (AvgIpc) is 2.31.